The lowest BCUT2D eigenvalue weighted by molar-refractivity contribution is -0.137. The van der Waals surface area contributed by atoms with Crippen LogP contribution in [0.4, 0.5) is 13.2 Å². The van der Waals surface area contributed by atoms with Crippen LogP contribution < -0.4 is 10.1 Å². The summed E-state index contributed by atoms with van der Waals surface area (Å²) >= 11 is 0. The van der Waals surface area contributed by atoms with Gasteiger partial charge in [-0.15, -0.1) is 0 Å². The Morgan fingerprint density at radius 1 is 1.06 bits per heavy atom. The fourth-order valence-electron chi connectivity index (χ4n) is 4.35. The van der Waals surface area contributed by atoms with Crippen LogP contribution in [-0.4, -0.2) is 53.9 Å². The number of hydrogen-bond donors (Lipinski definition) is 1. The van der Waals surface area contributed by atoms with Crippen molar-refractivity contribution in [3.63, 3.8) is 0 Å². The van der Waals surface area contributed by atoms with Gasteiger partial charge in [0.1, 0.15) is 23.9 Å². The van der Waals surface area contributed by atoms with E-state index >= 15 is 0 Å². The van der Waals surface area contributed by atoms with Crippen LogP contribution in [-0.2, 0) is 6.18 Å². The lowest BCUT2D eigenvalue weighted by atomic mass is 10.00. The molecule has 5 rings (SSSR count). The minimum absolute atomic E-state index is 0.0575. The van der Waals surface area contributed by atoms with Gasteiger partial charge < -0.3 is 15.0 Å². The summed E-state index contributed by atoms with van der Waals surface area (Å²) in [6.07, 6.45) is -2.04. The van der Waals surface area contributed by atoms with E-state index in [1.165, 1.54) is 12.1 Å². The average molecular weight is 480 g/mol. The number of rotatable bonds is 3. The highest BCUT2D eigenvalue weighted by Gasteiger charge is 2.31. The van der Waals surface area contributed by atoms with Gasteiger partial charge in [0.05, 0.1) is 17.7 Å². The fourth-order valence-corrected chi connectivity index (χ4v) is 4.35. The second-order valence-corrected chi connectivity index (χ2v) is 8.46. The van der Waals surface area contributed by atoms with E-state index in [1.807, 2.05) is 18.2 Å². The third kappa shape index (κ3) is 4.99. The molecule has 0 radical (unpaired) electrons. The van der Waals surface area contributed by atoms with E-state index in [0.29, 0.717) is 43.2 Å². The summed E-state index contributed by atoms with van der Waals surface area (Å²) in [7, 11) is 0. The topological polar surface area (TPSA) is 66.8 Å². The highest BCUT2D eigenvalue weighted by atomic mass is 19.4. The highest BCUT2D eigenvalue weighted by molar-refractivity contribution is 6.02. The number of fused-ring (bicyclic) bond motifs is 1. The smallest absolute Gasteiger partial charge is 0.416 e. The van der Waals surface area contributed by atoms with Crippen molar-refractivity contribution in [1.29, 1.82) is 0 Å². The van der Waals surface area contributed by atoms with Gasteiger partial charge in [-0.05, 0) is 53.9 Å². The summed E-state index contributed by atoms with van der Waals surface area (Å²) in [6, 6.07) is 15.8. The molecule has 1 fully saturated rings. The Kier molecular flexibility index (Phi) is 6.15. The molecule has 0 saturated carbocycles. The molecule has 3 heterocycles. The van der Waals surface area contributed by atoms with E-state index in [2.05, 4.69) is 15.2 Å². The van der Waals surface area contributed by atoms with Crippen LogP contribution in [0.5, 0.6) is 5.75 Å². The molecular weight excluding hydrogens is 457 g/mol. The zero-order valence-corrected chi connectivity index (χ0v) is 18.8. The monoisotopic (exact) mass is 480 g/mol. The number of benzene rings is 2. The molecule has 1 N–H and O–H groups in total. The number of amidine groups is 1. The number of halogens is 3. The van der Waals surface area contributed by atoms with Crippen LogP contribution in [0.25, 0.3) is 11.1 Å². The Morgan fingerprint density at radius 3 is 2.60 bits per heavy atom. The third-order valence-electron chi connectivity index (χ3n) is 6.10. The number of aliphatic imine (C=N–C) groups is 1. The second kappa shape index (κ2) is 9.40. The molecule has 9 heteroatoms. The Morgan fingerprint density at radius 2 is 1.86 bits per heavy atom. The molecule has 1 aromatic heterocycles. The normalized spacial score (nSPS) is 17.7. The highest BCUT2D eigenvalue weighted by Crippen LogP contribution is 2.33. The Bertz CT molecular complexity index is 1240. The maximum Gasteiger partial charge on any atom is 0.416 e. The van der Waals surface area contributed by atoms with Gasteiger partial charge in [-0.3, -0.25) is 14.8 Å². The van der Waals surface area contributed by atoms with E-state index < -0.39 is 11.7 Å². The molecule has 0 bridgehead atoms. The van der Waals surface area contributed by atoms with Crippen LogP contribution in [0.15, 0.2) is 71.9 Å². The van der Waals surface area contributed by atoms with Crippen LogP contribution in [0.3, 0.4) is 0 Å². The summed E-state index contributed by atoms with van der Waals surface area (Å²) in [6.45, 7) is 2.21. The van der Waals surface area contributed by atoms with Crippen LogP contribution in [0.2, 0.25) is 0 Å². The maximum absolute atomic E-state index is 13.0. The van der Waals surface area contributed by atoms with E-state index in [9.17, 15) is 18.0 Å². The van der Waals surface area contributed by atoms with Crippen LogP contribution >= 0.6 is 0 Å². The van der Waals surface area contributed by atoms with Crippen molar-refractivity contribution in [3.05, 3.63) is 83.7 Å². The molecule has 180 valence electrons. The molecule has 2 aliphatic heterocycles. The number of hydrogen-bond acceptors (Lipinski definition) is 5. The zero-order chi connectivity index (χ0) is 24.4. The van der Waals surface area contributed by atoms with Crippen molar-refractivity contribution in [2.24, 2.45) is 4.99 Å². The van der Waals surface area contributed by atoms with Gasteiger partial charge >= 0.3 is 6.18 Å². The van der Waals surface area contributed by atoms with Crippen LogP contribution in [0.1, 0.15) is 28.0 Å². The first-order valence-corrected chi connectivity index (χ1v) is 11.3. The number of ether oxygens (including phenoxy) is 1. The molecule has 3 aromatic rings. The predicted octanol–water partition coefficient (Wildman–Crippen LogP) is 4.41. The lowest BCUT2D eigenvalue weighted by Crippen LogP contribution is -2.39. The number of alkyl halides is 3. The summed E-state index contributed by atoms with van der Waals surface area (Å²) in [4.78, 5) is 23.5. The van der Waals surface area contributed by atoms with Crippen molar-refractivity contribution in [2.75, 3.05) is 26.2 Å². The molecule has 0 spiro atoms. The summed E-state index contributed by atoms with van der Waals surface area (Å²) < 4.78 is 44.7. The maximum atomic E-state index is 13.0. The van der Waals surface area contributed by atoms with Crippen molar-refractivity contribution in [2.45, 2.75) is 18.6 Å². The van der Waals surface area contributed by atoms with Gasteiger partial charge in [0, 0.05) is 25.3 Å². The Labute approximate surface area is 200 Å². The molecule has 1 amide bonds. The largest absolute Gasteiger partial charge is 0.491 e. The average Bonchev–Trinajstić information content (AvgIpc) is 3.21. The predicted molar refractivity (Wildman–Crippen MR) is 125 cm³/mol. The molecule has 1 atom stereocenters. The van der Waals surface area contributed by atoms with Gasteiger partial charge in [0.15, 0.2) is 0 Å². The van der Waals surface area contributed by atoms with Gasteiger partial charge in [-0.25, -0.2) is 0 Å². The first-order valence-electron chi connectivity index (χ1n) is 11.3. The molecule has 0 aliphatic carbocycles. The zero-order valence-electron chi connectivity index (χ0n) is 18.8. The van der Waals surface area contributed by atoms with Crippen LogP contribution in [0, 0.1) is 0 Å². The number of nitrogens with one attached hydrogen (secondary N) is 1. The number of nitrogens with zero attached hydrogens (tertiary/aromatic N) is 3. The molecule has 1 saturated heterocycles. The van der Waals surface area contributed by atoms with Gasteiger partial charge in [-0.1, -0.05) is 24.3 Å². The third-order valence-corrected chi connectivity index (χ3v) is 6.10. The van der Waals surface area contributed by atoms with Crippen molar-refractivity contribution < 1.29 is 22.7 Å². The first kappa shape index (κ1) is 22.9. The number of aromatic nitrogens is 1. The van der Waals surface area contributed by atoms with E-state index in [-0.39, 0.29) is 11.9 Å². The van der Waals surface area contributed by atoms with E-state index in [0.717, 1.165) is 35.5 Å². The summed E-state index contributed by atoms with van der Waals surface area (Å²) in [5.41, 5.74) is 1.92. The van der Waals surface area contributed by atoms with Gasteiger partial charge in [0.25, 0.3) is 5.91 Å². The summed E-state index contributed by atoms with van der Waals surface area (Å²) in [5.74, 6) is 1.23. The summed E-state index contributed by atoms with van der Waals surface area (Å²) in [5, 5.41) is 3.04. The number of pyridine rings is 1. The number of carbonyl (C=O) groups excluding carboxylic acids is 1. The number of likely N-dealkylation sites (tertiary alicyclic amines) is 1. The Balaban J connectivity index is 1.36. The quantitative estimate of drug-likeness (QED) is 0.603. The standard InChI is InChI=1S/C26H23F3N4O2/c27-26(28,29)19-7-4-17(5-8-19)18-6-9-23-21(15-18)24(31-12-14-35-23)33-13-10-20(16-33)32-25(34)22-3-1-2-11-30-22/h1-9,11,15,20H,10,12-14,16H2,(H,32,34). The Hall–Kier alpha value is -3.88. The van der Waals surface area contributed by atoms with Crippen molar-refractivity contribution in [1.82, 2.24) is 15.2 Å². The molecule has 35 heavy (non-hydrogen) atoms. The van der Waals surface area contributed by atoms with E-state index in [1.54, 1.807) is 24.4 Å². The minimum atomic E-state index is -4.38. The molecule has 1 unspecified atom stereocenters. The first-order chi connectivity index (χ1) is 16.9. The van der Waals surface area contributed by atoms with Crippen molar-refractivity contribution >= 4 is 11.7 Å². The van der Waals surface area contributed by atoms with Crippen molar-refractivity contribution in [3.8, 4) is 16.9 Å². The fraction of sp³-hybridized carbons (Fsp3) is 0.269. The van der Waals surface area contributed by atoms with E-state index in [4.69, 9.17) is 9.73 Å². The van der Waals surface area contributed by atoms with Gasteiger partial charge in [-0.2, -0.15) is 13.2 Å². The lowest BCUT2D eigenvalue weighted by Gasteiger charge is -2.22. The minimum Gasteiger partial charge on any atom is -0.491 e. The molecule has 2 aromatic carbocycles. The number of amides is 1. The molecular formula is C26H23F3N4O2. The number of carbonyl (C=O) groups is 1. The molecule has 2 aliphatic rings. The molecule has 6 nitrogen and oxygen atoms in total. The SMILES string of the molecule is O=C(NC1CCN(C2=NCCOc3ccc(-c4ccc(C(F)(F)F)cc4)cc32)C1)c1ccccn1. The van der Waals surface area contributed by atoms with Gasteiger partial charge in [0.2, 0.25) is 0 Å². The second-order valence-electron chi connectivity index (χ2n) is 8.46.